The predicted molar refractivity (Wildman–Crippen MR) is 161 cm³/mol. The fourth-order valence-electron chi connectivity index (χ4n) is 4.35. The van der Waals surface area contributed by atoms with Gasteiger partial charge in [0.25, 0.3) is 0 Å². The Labute approximate surface area is 194 Å². The molecule has 1 N–H and O–H groups in total. The van der Waals surface area contributed by atoms with Gasteiger partial charge < -0.3 is 0 Å². The summed E-state index contributed by atoms with van der Waals surface area (Å²) in [5.41, 5.74) is -0.355. The first-order valence-electron chi connectivity index (χ1n) is 11.8. The van der Waals surface area contributed by atoms with E-state index in [9.17, 15) is 9.90 Å². The second kappa shape index (κ2) is 14.8. The maximum absolute atomic E-state index is 11.9. The molecule has 0 bridgehead atoms. The second-order valence-electron chi connectivity index (χ2n) is 9.51. The summed E-state index contributed by atoms with van der Waals surface area (Å²) in [5, 5.41) is 9.52. The van der Waals surface area contributed by atoms with E-state index in [0.717, 1.165) is 11.5 Å². The molecular formula is C14H33B12O3S-. The third kappa shape index (κ3) is 10.0. The molecule has 0 aliphatic rings. The molecule has 0 spiro atoms. The van der Waals surface area contributed by atoms with Crippen LogP contribution in [0.15, 0.2) is 21.5 Å². The molecule has 16 heteroatoms. The summed E-state index contributed by atoms with van der Waals surface area (Å²) in [6.07, 6.45) is 11.4. The molecule has 0 amide bonds. The molecule has 0 aliphatic carbocycles. The molecule has 150 valence electrons. The molecule has 1 aromatic heterocycles. The Morgan fingerprint density at radius 2 is 1.73 bits per heavy atom. The molecule has 3 nitrogen and oxygen atoms in total. The topological polar surface area (TPSA) is 50.4 Å². The Hall–Kier alpha value is -0.121. The first kappa shape index (κ1) is 27.9. The SMILES string of the molecule is [10BH-][10B]([10BH2])[10B]([10B]([10BH2])[10BH2])[10B]([10B]=S(CCCCCCCC)Cc1cc(=O)c(O)co1)[10B]([10BH2])[10BH2]. The molecule has 1 unspecified atom stereocenters. The standard InChI is InChI=1S/C14H33B12O3S/c1-2-3-4-5-6-7-8-30(11-12-9-13(27)14(28)10-29-12)21-25(22(15)16)26(23(17)18)24(19)20/h9-10,17,28H,2-8,11,15-16,18-20H2,1H3/q-1/i15-1,16-1,17-1,18-1,19-1,20-1,21-1,22-1,23-1,24-1,25-1,26-1. The number of unbranched alkanes of at least 4 members (excludes halogenated alkanes) is 5. The van der Waals surface area contributed by atoms with Gasteiger partial charge in [-0.15, -0.1) is 0 Å². The van der Waals surface area contributed by atoms with Crippen LogP contribution in [-0.4, -0.2) is 95.3 Å². The van der Waals surface area contributed by atoms with Crippen molar-refractivity contribution in [2.75, 3.05) is 5.75 Å². The monoisotopic (exact) mass is 401 g/mol. The zero-order valence-electron chi connectivity index (χ0n) is 20.2. The van der Waals surface area contributed by atoms with Crippen LogP contribution in [0.2, 0.25) is 0 Å². The van der Waals surface area contributed by atoms with Crippen LogP contribution in [0, 0.1) is 0 Å². The summed E-state index contributed by atoms with van der Waals surface area (Å²) in [6, 6.07) is 4.02. The van der Waals surface area contributed by atoms with Crippen LogP contribution in [0.3, 0.4) is 0 Å². The Balaban J connectivity index is 3.07. The van der Waals surface area contributed by atoms with Crippen molar-refractivity contribution in [3.8, 4) is 5.75 Å². The Bertz CT molecular complexity index is 706. The molecule has 1 atom stereocenters. The van der Waals surface area contributed by atoms with E-state index in [1.54, 1.807) is 0 Å². The van der Waals surface area contributed by atoms with E-state index in [-0.39, 0.29) is 21.5 Å². The van der Waals surface area contributed by atoms with Crippen LogP contribution in [-0.2, 0) is 5.75 Å². The van der Waals surface area contributed by atoms with Gasteiger partial charge in [-0.2, -0.15) is 0 Å². The predicted octanol–water partition coefficient (Wildman–Crippen LogP) is -3.58. The summed E-state index contributed by atoms with van der Waals surface area (Å²) < 4.78 is 5.55. The number of hydrogen-bond donors (Lipinski definition) is 1. The first-order valence-corrected chi connectivity index (χ1v) is 13.4. The quantitative estimate of drug-likeness (QED) is 0.259. The molecule has 1 heterocycles. The van der Waals surface area contributed by atoms with Gasteiger partial charge in [-0.05, 0) is 0 Å². The van der Waals surface area contributed by atoms with Crippen LogP contribution in [0.4, 0.5) is 0 Å². The van der Waals surface area contributed by atoms with Crippen molar-refractivity contribution < 1.29 is 9.52 Å². The van der Waals surface area contributed by atoms with Crippen molar-refractivity contribution in [2.24, 2.45) is 0 Å². The van der Waals surface area contributed by atoms with Gasteiger partial charge in [-0.25, -0.2) is 0 Å². The molecular weight excluding hydrogens is 368 g/mol. The second-order valence-corrected chi connectivity index (χ2v) is 11.5. The molecule has 2 radical (unpaired) electrons. The molecule has 1 rings (SSSR count). The summed E-state index contributed by atoms with van der Waals surface area (Å²) in [7, 11) is 15.9. The van der Waals surface area contributed by atoms with Crippen LogP contribution < -0.4 is 5.43 Å². The van der Waals surface area contributed by atoms with Gasteiger partial charge in [-0.1, -0.05) is 0 Å². The number of hydrogen-bond acceptors (Lipinski definition) is 3. The Kier molecular flexibility index (Phi) is 13.8. The molecule has 30 heavy (non-hydrogen) atoms. The van der Waals surface area contributed by atoms with E-state index < -0.39 is 0 Å². The van der Waals surface area contributed by atoms with E-state index >= 15 is 0 Å². The zero-order valence-corrected chi connectivity index (χ0v) is 21.0. The van der Waals surface area contributed by atoms with Gasteiger partial charge in [0.05, 0.1) is 0 Å². The van der Waals surface area contributed by atoms with E-state index in [0.29, 0.717) is 37.7 Å². The van der Waals surface area contributed by atoms with Gasteiger partial charge in [0.2, 0.25) is 0 Å². The van der Waals surface area contributed by atoms with Gasteiger partial charge in [0.1, 0.15) is 0 Å². The molecule has 0 saturated heterocycles. The first-order chi connectivity index (χ1) is 14.2. The van der Waals surface area contributed by atoms with Gasteiger partial charge in [-0.3, -0.25) is 0 Å². The van der Waals surface area contributed by atoms with Gasteiger partial charge >= 0.3 is 195 Å². The Morgan fingerprint density at radius 3 is 2.27 bits per heavy atom. The molecule has 0 saturated carbocycles. The number of rotatable bonds is 14. The van der Waals surface area contributed by atoms with Crippen LogP contribution in [0.5, 0.6) is 5.75 Å². The van der Waals surface area contributed by atoms with Gasteiger partial charge in [0.15, 0.2) is 0 Å². The third-order valence-electron chi connectivity index (χ3n) is 5.94. The normalized spacial score (nSPS) is 11.5. The fourth-order valence-corrected chi connectivity index (χ4v) is 6.76. The van der Waals surface area contributed by atoms with E-state index in [2.05, 4.69) is 59.4 Å². The van der Waals surface area contributed by atoms with Crippen molar-refractivity contribution in [1.29, 1.82) is 0 Å². The molecule has 0 fully saturated rings. The van der Waals surface area contributed by atoms with E-state index in [1.807, 2.05) is 0 Å². The maximum atomic E-state index is 11.9. The molecule has 1 aromatic rings. The summed E-state index contributed by atoms with van der Waals surface area (Å²) in [5.74, 6) is 2.24. The zero-order chi connectivity index (χ0) is 22.7. The Morgan fingerprint density at radius 1 is 1.10 bits per heavy atom. The minimum absolute atomic E-state index is 0.0311. The van der Waals surface area contributed by atoms with Crippen LogP contribution >= 0.6 is 10.3 Å². The molecule has 0 aliphatic heterocycles. The van der Waals surface area contributed by atoms with Crippen LogP contribution in [0.1, 0.15) is 51.2 Å². The fraction of sp³-hybridized carbons (Fsp3) is 0.643. The van der Waals surface area contributed by atoms with Crippen molar-refractivity contribution in [3.63, 3.8) is 0 Å². The summed E-state index contributed by atoms with van der Waals surface area (Å²) in [6.45, 7) is 2.25. The van der Waals surface area contributed by atoms with Crippen molar-refractivity contribution >= 4 is 94.7 Å². The summed E-state index contributed by atoms with van der Waals surface area (Å²) >= 11 is 0. The molecule has 0 aromatic carbocycles. The van der Waals surface area contributed by atoms with Crippen molar-refractivity contribution in [1.82, 2.24) is 0 Å². The van der Waals surface area contributed by atoms with E-state index in [4.69, 9.17) is 4.42 Å². The van der Waals surface area contributed by atoms with Crippen LogP contribution in [0.25, 0.3) is 0 Å². The van der Waals surface area contributed by atoms with E-state index in [1.165, 1.54) is 50.9 Å². The number of aromatic hydroxyl groups is 1. The third-order valence-corrected chi connectivity index (χ3v) is 8.11. The average molecular weight is 402 g/mol. The summed E-state index contributed by atoms with van der Waals surface area (Å²) in [4.78, 5) is 11.9. The van der Waals surface area contributed by atoms with Crippen molar-refractivity contribution in [3.05, 3.63) is 28.3 Å². The van der Waals surface area contributed by atoms with Crippen molar-refractivity contribution in [2.45, 2.75) is 51.2 Å². The van der Waals surface area contributed by atoms with Gasteiger partial charge in [0, 0.05) is 0 Å². The minimum atomic E-state index is -0.355. The average Bonchev–Trinajstić information content (AvgIpc) is 2.66.